The van der Waals surface area contributed by atoms with Crippen LogP contribution in [-0.4, -0.2) is 54.1 Å². The highest BCUT2D eigenvalue weighted by Crippen LogP contribution is 2.40. The molecule has 1 aromatic heterocycles. The third kappa shape index (κ3) is 6.24. The fourth-order valence-corrected chi connectivity index (χ4v) is 6.64. The van der Waals surface area contributed by atoms with Crippen molar-refractivity contribution in [1.82, 2.24) is 9.88 Å². The Kier molecular flexibility index (Phi) is 8.15. The molecule has 3 aromatic rings. The number of aromatic nitrogens is 1. The number of carbonyl (C=O) groups excluding carboxylic acids is 2. The lowest BCUT2D eigenvalue weighted by molar-refractivity contribution is -0.131. The van der Waals surface area contributed by atoms with E-state index in [1.807, 2.05) is 0 Å². The van der Waals surface area contributed by atoms with E-state index in [0.717, 1.165) is 0 Å². The molecule has 0 radical (unpaired) electrons. The summed E-state index contributed by atoms with van der Waals surface area (Å²) >= 11 is -0.261. The quantitative estimate of drug-likeness (QED) is 0.213. The standard InChI is InChI=1S/C26H26F3N5O4S2/c1-25(2)23(21(36)15-35)34(19-8-10-20(11-9-19)39-26(27,28)29)16-33(25)14-17-12-13-31-24(30)22(17)40(37,38)32-18-6-4-3-5-7-18/h3-13,15,23,32H,14,16H2,1-2H3,(H2,30,31). The van der Waals surface area contributed by atoms with Gasteiger partial charge in [-0.3, -0.25) is 19.2 Å². The lowest BCUT2D eigenvalue weighted by Gasteiger charge is -2.34. The summed E-state index contributed by atoms with van der Waals surface area (Å²) in [7, 11) is -4.17. The number of nitrogen functional groups attached to an aromatic ring is 1. The molecule has 14 heteroatoms. The van der Waals surface area contributed by atoms with Gasteiger partial charge in [0.15, 0.2) is 6.29 Å². The topological polar surface area (TPSA) is 126 Å². The Labute approximate surface area is 233 Å². The lowest BCUT2D eigenvalue weighted by Crippen LogP contribution is -2.51. The van der Waals surface area contributed by atoms with E-state index in [1.54, 1.807) is 54.0 Å². The number of ketones is 1. The van der Waals surface area contributed by atoms with Crippen molar-refractivity contribution in [3.8, 4) is 0 Å². The number of para-hydroxylation sites is 1. The SMILES string of the molecule is CC1(C)C(C(=O)C=O)N(c2ccc(SC(F)(F)F)cc2)CN1Cc1ccnc(N)c1S(=O)(=O)Nc1ccccc1. The van der Waals surface area contributed by atoms with Crippen LogP contribution in [-0.2, 0) is 26.2 Å². The monoisotopic (exact) mass is 593 g/mol. The van der Waals surface area contributed by atoms with Gasteiger partial charge in [-0.2, -0.15) is 13.2 Å². The second-order valence-corrected chi connectivity index (χ2v) is 12.3. The predicted octanol–water partition coefficient (Wildman–Crippen LogP) is 4.27. The van der Waals surface area contributed by atoms with E-state index < -0.39 is 32.9 Å². The molecule has 0 amide bonds. The summed E-state index contributed by atoms with van der Waals surface area (Å²) in [4.78, 5) is 31.5. The number of Topliss-reactive ketones (excluding diaryl/α,β-unsaturated/α-hetero) is 1. The number of alkyl halides is 3. The average Bonchev–Trinajstić information content (AvgIpc) is 3.13. The number of hydrogen-bond acceptors (Lipinski definition) is 9. The van der Waals surface area contributed by atoms with Gasteiger partial charge in [-0.05, 0) is 73.6 Å². The van der Waals surface area contributed by atoms with E-state index >= 15 is 0 Å². The van der Waals surface area contributed by atoms with E-state index in [2.05, 4.69) is 9.71 Å². The van der Waals surface area contributed by atoms with Crippen molar-refractivity contribution >= 4 is 51.0 Å². The largest absolute Gasteiger partial charge is 0.446 e. The molecule has 212 valence electrons. The lowest BCUT2D eigenvalue weighted by atomic mass is 9.90. The number of nitrogens with one attached hydrogen (secondary N) is 1. The molecule has 40 heavy (non-hydrogen) atoms. The van der Waals surface area contributed by atoms with Crippen molar-refractivity contribution in [2.45, 2.75) is 47.3 Å². The highest BCUT2D eigenvalue weighted by atomic mass is 32.2. The van der Waals surface area contributed by atoms with Crippen molar-refractivity contribution < 1.29 is 31.2 Å². The summed E-state index contributed by atoms with van der Waals surface area (Å²) in [6.45, 7) is 3.53. The van der Waals surface area contributed by atoms with Crippen LogP contribution < -0.4 is 15.4 Å². The zero-order valence-electron chi connectivity index (χ0n) is 21.4. The van der Waals surface area contributed by atoms with Crippen LogP contribution in [0.15, 0.2) is 76.7 Å². The Morgan fingerprint density at radius 2 is 1.80 bits per heavy atom. The van der Waals surface area contributed by atoms with Crippen molar-refractivity contribution in [3.05, 3.63) is 72.4 Å². The summed E-state index contributed by atoms with van der Waals surface area (Å²) in [5.74, 6) is -0.942. The minimum atomic E-state index is -4.45. The van der Waals surface area contributed by atoms with E-state index in [-0.39, 0.29) is 46.9 Å². The Hall–Kier alpha value is -3.62. The number of sulfonamides is 1. The van der Waals surface area contributed by atoms with Gasteiger partial charge in [-0.15, -0.1) is 0 Å². The van der Waals surface area contributed by atoms with Crippen LogP contribution in [0.25, 0.3) is 0 Å². The van der Waals surface area contributed by atoms with Crippen molar-refractivity contribution in [2.24, 2.45) is 0 Å². The second-order valence-electron chi connectivity index (χ2n) is 9.58. The first kappa shape index (κ1) is 29.4. The molecule has 2 aromatic carbocycles. The number of benzene rings is 2. The molecule has 4 rings (SSSR count). The number of carbonyl (C=O) groups is 2. The number of thioether (sulfide) groups is 1. The number of pyridine rings is 1. The first-order valence-electron chi connectivity index (χ1n) is 11.9. The summed E-state index contributed by atoms with van der Waals surface area (Å²) in [6, 6.07) is 14.2. The molecule has 2 heterocycles. The maximum Gasteiger partial charge on any atom is 0.446 e. The molecule has 3 N–H and O–H groups in total. The van der Waals surface area contributed by atoms with Gasteiger partial charge < -0.3 is 10.6 Å². The van der Waals surface area contributed by atoms with Crippen LogP contribution in [0.3, 0.4) is 0 Å². The molecule has 0 bridgehead atoms. The van der Waals surface area contributed by atoms with Gasteiger partial charge in [0.05, 0.1) is 6.67 Å². The molecule has 1 unspecified atom stereocenters. The number of aldehydes is 1. The number of anilines is 3. The highest BCUT2D eigenvalue weighted by molar-refractivity contribution is 8.00. The van der Waals surface area contributed by atoms with Crippen molar-refractivity contribution in [3.63, 3.8) is 0 Å². The van der Waals surface area contributed by atoms with Crippen molar-refractivity contribution in [1.29, 1.82) is 0 Å². The van der Waals surface area contributed by atoms with Crippen LogP contribution in [0, 0.1) is 0 Å². The van der Waals surface area contributed by atoms with Gasteiger partial charge in [-0.1, -0.05) is 18.2 Å². The molecule has 1 fully saturated rings. The Balaban J connectivity index is 1.68. The van der Waals surface area contributed by atoms with Gasteiger partial charge in [0.25, 0.3) is 10.0 Å². The van der Waals surface area contributed by atoms with Crippen LogP contribution >= 0.6 is 11.8 Å². The van der Waals surface area contributed by atoms with Gasteiger partial charge in [-0.25, -0.2) is 13.4 Å². The predicted molar refractivity (Wildman–Crippen MR) is 146 cm³/mol. The first-order chi connectivity index (χ1) is 18.7. The molecular formula is C26H26F3N5O4S2. The van der Waals surface area contributed by atoms with E-state index in [4.69, 9.17) is 5.73 Å². The maximum absolute atomic E-state index is 13.4. The number of nitrogens with zero attached hydrogens (tertiary/aromatic N) is 3. The number of rotatable bonds is 9. The highest BCUT2D eigenvalue weighted by Gasteiger charge is 2.50. The van der Waals surface area contributed by atoms with E-state index in [0.29, 0.717) is 16.9 Å². The zero-order valence-corrected chi connectivity index (χ0v) is 23.1. The Morgan fingerprint density at radius 3 is 2.40 bits per heavy atom. The van der Waals surface area contributed by atoms with Crippen LogP contribution in [0.2, 0.25) is 0 Å². The minimum Gasteiger partial charge on any atom is -0.383 e. The molecule has 0 aliphatic carbocycles. The van der Waals surface area contributed by atoms with E-state index in [1.165, 1.54) is 36.5 Å². The third-order valence-electron chi connectivity index (χ3n) is 6.58. The molecule has 1 atom stereocenters. The molecule has 0 saturated carbocycles. The maximum atomic E-state index is 13.4. The van der Waals surface area contributed by atoms with Crippen LogP contribution in [0.4, 0.5) is 30.4 Å². The number of halogens is 3. The second kappa shape index (κ2) is 11.1. The minimum absolute atomic E-state index is 0.00585. The van der Waals surface area contributed by atoms with Crippen molar-refractivity contribution in [2.75, 3.05) is 22.0 Å². The van der Waals surface area contributed by atoms with Crippen LogP contribution in [0.1, 0.15) is 19.4 Å². The van der Waals surface area contributed by atoms with Gasteiger partial charge in [0.2, 0.25) is 5.78 Å². The average molecular weight is 594 g/mol. The number of nitrogens with two attached hydrogens (primary N) is 1. The fraction of sp³-hybridized carbons (Fsp3) is 0.269. The van der Waals surface area contributed by atoms with Gasteiger partial charge in [0, 0.05) is 34.6 Å². The normalized spacial score (nSPS) is 17.5. The molecule has 0 spiro atoms. The molecule has 1 saturated heterocycles. The first-order valence-corrected chi connectivity index (χ1v) is 14.2. The smallest absolute Gasteiger partial charge is 0.383 e. The molecular weight excluding hydrogens is 567 g/mol. The fourth-order valence-electron chi connectivity index (χ4n) is 4.75. The summed E-state index contributed by atoms with van der Waals surface area (Å²) in [5.41, 5.74) is 1.64. The Bertz CT molecular complexity index is 1500. The van der Waals surface area contributed by atoms with Gasteiger partial charge in [0.1, 0.15) is 16.8 Å². The van der Waals surface area contributed by atoms with Crippen LogP contribution in [0.5, 0.6) is 0 Å². The third-order valence-corrected chi connectivity index (χ3v) is 8.83. The van der Waals surface area contributed by atoms with E-state index in [9.17, 15) is 31.2 Å². The number of hydrogen-bond donors (Lipinski definition) is 2. The summed E-state index contributed by atoms with van der Waals surface area (Å²) < 4.78 is 67.6. The molecule has 9 nitrogen and oxygen atoms in total. The summed E-state index contributed by atoms with van der Waals surface area (Å²) in [5, 5.41) is 0. The molecule has 1 aliphatic rings. The van der Waals surface area contributed by atoms with Gasteiger partial charge >= 0.3 is 5.51 Å². The molecule has 1 aliphatic heterocycles. The zero-order chi connectivity index (χ0) is 29.3. The summed E-state index contributed by atoms with van der Waals surface area (Å²) in [6.07, 6.45) is 1.58. The Morgan fingerprint density at radius 1 is 1.15 bits per heavy atom.